The van der Waals surface area contributed by atoms with E-state index in [0.29, 0.717) is 27.6 Å². The van der Waals surface area contributed by atoms with Crippen LogP contribution >= 0.6 is 11.6 Å². The topological polar surface area (TPSA) is 37.8 Å². The highest BCUT2D eigenvalue weighted by Gasteiger charge is 2.10. The van der Waals surface area contributed by atoms with Crippen molar-refractivity contribution in [2.24, 2.45) is 0 Å². The Kier molecular flexibility index (Phi) is 3.47. The van der Waals surface area contributed by atoms with Crippen LogP contribution in [0.4, 0.5) is 10.2 Å². The number of halogens is 2. The molecule has 0 aliphatic heterocycles. The lowest BCUT2D eigenvalue weighted by Crippen LogP contribution is -1.99. The lowest BCUT2D eigenvalue weighted by molar-refractivity contribution is 0.629. The highest BCUT2D eigenvalue weighted by Crippen LogP contribution is 2.27. The molecule has 0 saturated carbocycles. The minimum Gasteiger partial charge on any atom is -0.373 e. The van der Waals surface area contributed by atoms with Crippen molar-refractivity contribution in [3.8, 4) is 11.4 Å². The number of fused-ring (bicyclic) bond motifs is 1. The SMILES string of the molecule is CNc1nc(-c2ccc(Cl)c(C)c2)nc2ccc(F)cc12. The third-order valence-corrected chi connectivity index (χ3v) is 3.73. The van der Waals surface area contributed by atoms with Gasteiger partial charge in [-0.3, -0.25) is 0 Å². The average molecular weight is 302 g/mol. The molecule has 21 heavy (non-hydrogen) atoms. The average Bonchev–Trinajstić information content (AvgIpc) is 2.49. The van der Waals surface area contributed by atoms with Crippen LogP contribution in [-0.2, 0) is 0 Å². The third-order valence-electron chi connectivity index (χ3n) is 3.31. The van der Waals surface area contributed by atoms with E-state index < -0.39 is 0 Å². The Hall–Kier alpha value is -2.20. The van der Waals surface area contributed by atoms with Crippen molar-refractivity contribution in [1.29, 1.82) is 0 Å². The van der Waals surface area contributed by atoms with Gasteiger partial charge < -0.3 is 5.32 Å². The van der Waals surface area contributed by atoms with Crippen LogP contribution in [0.1, 0.15) is 5.56 Å². The van der Waals surface area contributed by atoms with E-state index in [1.54, 1.807) is 13.1 Å². The number of nitrogens with zero attached hydrogens (tertiary/aromatic N) is 2. The van der Waals surface area contributed by atoms with Crippen LogP contribution in [0.3, 0.4) is 0 Å². The second kappa shape index (κ2) is 5.30. The largest absolute Gasteiger partial charge is 0.373 e. The molecule has 3 rings (SSSR count). The van der Waals surface area contributed by atoms with Crippen molar-refractivity contribution in [3.63, 3.8) is 0 Å². The molecule has 0 spiro atoms. The molecule has 0 radical (unpaired) electrons. The van der Waals surface area contributed by atoms with Gasteiger partial charge in [-0.2, -0.15) is 0 Å². The molecular weight excluding hydrogens is 289 g/mol. The van der Waals surface area contributed by atoms with Crippen LogP contribution < -0.4 is 5.32 Å². The highest BCUT2D eigenvalue weighted by atomic mass is 35.5. The number of rotatable bonds is 2. The molecule has 0 amide bonds. The van der Waals surface area contributed by atoms with Gasteiger partial charge in [-0.05, 0) is 48.9 Å². The number of benzene rings is 2. The lowest BCUT2D eigenvalue weighted by Gasteiger charge is -2.09. The fourth-order valence-corrected chi connectivity index (χ4v) is 2.32. The number of anilines is 1. The van der Waals surface area contributed by atoms with Gasteiger partial charge in [0.1, 0.15) is 11.6 Å². The van der Waals surface area contributed by atoms with Crippen LogP contribution in [0.25, 0.3) is 22.3 Å². The number of nitrogens with one attached hydrogen (secondary N) is 1. The summed E-state index contributed by atoms with van der Waals surface area (Å²) < 4.78 is 13.4. The Balaban J connectivity index is 2.23. The summed E-state index contributed by atoms with van der Waals surface area (Å²) in [6, 6.07) is 10.1. The predicted molar refractivity (Wildman–Crippen MR) is 84.2 cm³/mol. The number of aryl methyl sites for hydroxylation is 1. The van der Waals surface area contributed by atoms with Gasteiger partial charge >= 0.3 is 0 Å². The molecule has 2 aromatic carbocycles. The summed E-state index contributed by atoms with van der Waals surface area (Å²) >= 11 is 6.04. The standard InChI is InChI=1S/C16H13ClFN3/c1-9-7-10(3-5-13(9)17)15-20-14-6-4-11(18)8-12(14)16(19-2)21-15/h3-8H,1-2H3,(H,19,20,21). The number of aromatic nitrogens is 2. The Morgan fingerprint density at radius 1 is 1.10 bits per heavy atom. The van der Waals surface area contributed by atoms with Crippen molar-refractivity contribution in [2.75, 3.05) is 12.4 Å². The van der Waals surface area contributed by atoms with Crippen molar-refractivity contribution < 1.29 is 4.39 Å². The van der Waals surface area contributed by atoms with Gasteiger partial charge in [-0.25, -0.2) is 14.4 Å². The molecule has 3 aromatic rings. The Morgan fingerprint density at radius 2 is 1.90 bits per heavy atom. The highest BCUT2D eigenvalue weighted by molar-refractivity contribution is 6.31. The molecule has 0 bridgehead atoms. The lowest BCUT2D eigenvalue weighted by atomic mass is 10.1. The molecule has 0 fully saturated rings. The van der Waals surface area contributed by atoms with Crippen molar-refractivity contribution in [1.82, 2.24) is 9.97 Å². The summed E-state index contributed by atoms with van der Waals surface area (Å²) in [5.74, 6) is 0.873. The summed E-state index contributed by atoms with van der Waals surface area (Å²) in [6.07, 6.45) is 0. The van der Waals surface area contributed by atoms with Crippen molar-refractivity contribution in [2.45, 2.75) is 6.92 Å². The van der Waals surface area contributed by atoms with Crippen LogP contribution in [0.5, 0.6) is 0 Å². The first-order valence-corrected chi connectivity index (χ1v) is 6.88. The fourth-order valence-electron chi connectivity index (χ4n) is 2.20. The number of hydrogen-bond acceptors (Lipinski definition) is 3. The maximum Gasteiger partial charge on any atom is 0.162 e. The Bertz CT molecular complexity index is 833. The first-order chi connectivity index (χ1) is 10.1. The zero-order valence-electron chi connectivity index (χ0n) is 11.6. The van der Waals surface area contributed by atoms with Crippen LogP contribution in [0.2, 0.25) is 5.02 Å². The maximum absolute atomic E-state index is 13.4. The van der Waals surface area contributed by atoms with E-state index in [0.717, 1.165) is 11.1 Å². The van der Waals surface area contributed by atoms with Crippen LogP contribution in [0.15, 0.2) is 36.4 Å². The summed E-state index contributed by atoms with van der Waals surface area (Å²) in [6.45, 7) is 1.93. The van der Waals surface area contributed by atoms with E-state index >= 15 is 0 Å². The van der Waals surface area contributed by atoms with Crippen LogP contribution in [0, 0.1) is 12.7 Å². The fraction of sp³-hybridized carbons (Fsp3) is 0.125. The summed E-state index contributed by atoms with van der Waals surface area (Å²) in [7, 11) is 1.75. The zero-order chi connectivity index (χ0) is 15.0. The molecule has 3 nitrogen and oxygen atoms in total. The second-order valence-corrected chi connectivity index (χ2v) is 5.18. The van der Waals surface area contributed by atoms with Crippen molar-refractivity contribution >= 4 is 28.3 Å². The molecule has 1 N–H and O–H groups in total. The van der Waals surface area contributed by atoms with Gasteiger partial charge in [-0.1, -0.05) is 11.6 Å². The van der Waals surface area contributed by atoms with E-state index in [9.17, 15) is 4.39 Å². The predicted octanol–water partition coefficient (Wildman–Crippen LogP) is 4.44. The van der Waals surface area contributed by atoms with Gasteiger partial charge in [-0.15, -0.1) is 0 Å². The molecule has 0 aliphatic rings. The van der Waals surface area contributed by atoms with E-state index in [2.05, 4.69) is 15.3 Å². The first kappa shape index (κ1) is 13.8. The Morgan fingerprint density at radius 3 is 2.62 bits per heavy atom. The molecular formula is C16H13ClFN3. The molecule has 0 atom stereocenters. The maximum atomic E-state index is 13.4. The van der Waals surface area contributed by atoms with Gasteiger partial charge in [0.2, 0.25) is 0 Å². The zero-order valence-corrected chi connectivity index (χ0v) is 12.4. The van der Waals surface area contributed by atoms with E-state index in [1.165, 1.54) is 12.1 Å². The second-order valence-electron chi connectivity index (χ2n) is 4.77. The normalized spacial score (nSPS) is 10.9. The molecule has 5 heteroatoms. The van der Waals surface area contributed by atoms with Gasteiger partial charge in [0.25, 0.3) is 0 Å². The van der Waals surface area contributed by atoms with Gasteiger partial charge in [0.15, 0.2) is 5.82 Å². The monoisotopic (exact) mass is 301 g/mol. The van der Waals surface area contributed by atoms with E-state index in [-0.39, 0.29) is 5.82 Å². The smallest absolute Gasteiger partial charge is 0.162 e. The minimum absolute atomic E-state index is 0.308. The third kappa shape index (κ3) is 2.54. The molecule has 1 heterocycles. The van der Waals surface area contributed by atoms with Gasteiger partial charge in [0.05, 0.1) is 5.52 Å². The number of hydrogen-bond donors (Lipinski definition) is 1. The van der Waals surface area contributed by atoms with E-state index in [1.807, 2.05) is 25.1 Å². The molecule has 1 aromatic heterocycles. The first-order valence-electron chi connectivity index (χ1n) is 6.50. The summed E-state index contributed by atoms with van der Waals surface area (Å²) in [5.41, 5.74) is 2.53. The van der Waals surface area contributed by atoms with Crippen LogP contribution in [-0.4, -0.2) is 17.0 Å². The quantitative estimate of drug-likeness (QED) is 0.760. The van der Waals surface area contributed by atoms with E-state index in [4.69, 9.17) is 11.6 Å². The van der Waals surface area contributed by atoms with Crippen molar-refractivity contribution in [3.05, 3.63) is 52.8 Å². The molecule has 106 valence electrons. The molecule has 0 saturated heterocycles. The molecule has 0 unspecified atom stereocenters. The Labute approximate surface area is 126 Å². The van der Waals surface area contributed by atoms with Gasteiger partial charge in [0, 0.05) is 23.0 Å². The minimum atomic E-state index is -0.308. The summed E-state index contributed by atoms with van der Waals surface area (Å²) in [5, 5.41) is 4.35. The summed E-state index contributed by atoms with van der Waals surface area (Å²) in [4.78, 5) is 8.97. The molecule has 0 aliphatic carbocycles.